The summed E-state index contributed by atoms with van der Waals surface area (Å²) in [5, 5.41) is 3.47. The highest BCUT2D eigenvalue weighted by atomic mass is 35.5. The maximum absolute atomic E-state index is 12.9. The van der Waals surface area contributed by atoms with Crippen molar-refractivity contribution >= 4 is 40.8 Å². The summed E-state index contributed by atoms with van der Waals surface area (Å²) in [5.41, 5.74) is -4.60. The van der Waals surface area contributed by atoms with Gasteiger partial charge in [0.1, 0.15) is 17.3 Å². The summed E-state index contributed by atoms with van der Waals surface area (Å²) in [5.74, 6) is -0.649. The number of ether oxygens (including phenoxy) is 1. The third kappa shape index (κ3) is 5.29. The number of alkyl halides is 6. The van der Waals surface area contributed by atoms with Gasteiger partial charge in [-0.1, -0.05) is 23.2 Å². The molecule has 0 bridgehead atoms. The monoisotopic (exact) mass is 453 g/mol. The Morgan fingerprint density at radius 3 is 2.00 bits per heavy atom. The maximum atomic E-state index is 12.9. The second-order valence-electron chi connectivity index (χ2n) is 5.38. The van der Waals surface area contributed by atoms with Crippen molar-refractivity contribution in [3.05, 3.63) is 27.9 Å². The predicted molar refractivity (Wildman–Crippen MR) is 91.2 cm³/mol. The molecule has 1 heterocycles. The summed E-state index contributed by atoms with van der Waals surface area (Å²) in [6.45, 7) is 1.36. The van der Waals surface area contributed by atoms with Crippen molar-refractivity contribution in [1.29, 1.82) is 0 Å². The molecule has 1 aromatic carbocycles. The number of halogens is 8. The molecular weight excluding hydrogens is 443 g/mol. The van der Waals surface area contributed by atoms with Crippen LogP contribution in [0.25, 0.3) is 5.69 Å². The lowest BCUT2D eigenvalue weighted by Gasteiger charge is -2.19. The van der Waals surface area contributed by atoms with Gasteiger partial charge in [-0.15, -0.1) is 13.2 Å². The number of thioether (sulfide) groups is 1. The van der Waals surface area contributed by atoms with Crippen molar-refractivity contribution in [3.8, 4) is 11.4 Å². The van der Waals surface area contributed by atoms with E-state index in [2.05, 4.69) is 9.84 Å². The highest BCUT2D eigenvalue weighted by molar-refractivity contribution is 8.00. The standard InChI is InChI=1S/C14H11Cl2F6N3OS/c1-6-11(27-14(20,21)22)12(24(2)3)25(23-6)10-8(15)4-7(5-9(10)16)26-13(17,18)19/h4-5H,1-3H3. The predicted octanol–water partition coefficient (Wildman–Crippen LogP) is 6.06. The van der Waals surface area contributed by atoms with Crippen molar-refractivity contribution in [2.24, 2.45) is 0 Å². The number of nitrogens with zero attached hydrogens (tertiary/aromatic N) is 3. The molecule has 150 valence electrons. The molecular formula is C14H11Cl2F6N3OS. The SMILES string of the molecule is Cc1nn(-c2c(Cl)cc(OC(F)(F)F)cc2Cl)c(N(C)C)c1SC(F)(F)F. The zero-order valence-corrected chi connectivity index (χ0v) is 16.2. The molecule has 2 aromatic rings. The van der Waals surface area contributed by atoms with Crippen LogP contribution in [-0.2, 0) is 0 Å². The first-order valence-electron chi connectivity index (χ1n) is 6.97. The third-order valence-electron chi connectivity index (χ3n) is 3.06. The first-order valence-corrected chi connectivity index (χ1v) is 8.54. The van der Waals surface area contributed by atoms with Gasteiger partial charge in [-0.3, -0.25) is 0 Å². The van der Waals surface area contributed by atoms with Crippen LogP contribution in [0.4, 0.5) is 32.2 Å². The molecule has 4 nitrogen and oxygen atoms in total. The molecule has 1 aromatic heterocycles. The minimum absolute atomic E-state index is 0.0168. The Bertz CT molecular complexity index is 828. The molecule has 0 fully saturated rings. The molecule has 27 heavy (non-hydrogen) atoms. The summed E-state index contributed by atoms with van der Waals surface area (Å²) < 4.78 is 80.6. The average Bonchev–Trinajstić information content (AvgIpc) is 2.70. The van der Waals surface area contributed by atoms with Crippen LogP contribution >= 0.6 is 35.0 Å². The van der Waals surface area contributed by atoms with E-state index in [1.807, 2.05) is 0 Å². The minimum atomic E-state index is -4.96. The van der Waals surface area contributed by atoms with Crippen molar-refractivity contribution in [2.75, 3.05) is 19.0 Å². The number of aromatic nitrogens is 2. The quantitative estimate of drug-likeness (QED) is 0.415. The smallest absolute Gasteiger partial charge is 0.406 e. The summed E-state index contributed by atoms with van der Waals surface area (Å²) in [6.07, 6.45) is -4.96. The molecule has 0 saturated carbocycles. The molecule has 0 aliphatic heterocycles. The fourth-order valence-corrected chi connectivity index (χ4v) is 3.63. The Balaban J connectivity index is 2.63. The lowest BCUT2D eigenvalue weighted by Crippen LogP contribution is -2.18. The zero-order valence-electron chi connectivity index (χ0n) is 13.8. The van der Waals surface area contributed by atoms with Crippen LogP contribution in [0, 0.1) is 6.92 Å². The van der Waals surface area contributed by atoms with Crippen molar-refractivity contribution in [1.82, 2.24) is 9.78 Å². The van der Waals surface area contributed by atoms with Gasteiger partial charge in [0.15, 0.2) is 0 Å². The lowest BCUT2D eigenvalue weighted by atomic mass is 10.3. The summed E-state index contributed by atoms with van der Waals surface area (Å²) in [4.78, 5) is 1.18. The van der Waals surface area contributed by atoms with Gasteiger partial charge in [0.05, 0.1) is 20.6 Å². The van der Waals surface area contributed by atoms with Gasteiger partial charge in [0.25, 0.3) is 0 Å². The van der Waals surface area contributed by atoms with Gasteiger partial charge in [0.2, 0.25) is 0 Å². The highest BCUT2D eigenvalue weighted by Crippen LogP contribution is 2.45. The summed E-state index contributed by atoms with van der Waals surface area (Å²) in [6, 6.07) is 1.70. The first-order chi connectivity index (χ1) is 12.2. The fourth-order valence-electron chi connectivity index (χ4n) is 2.22. The van der Waals surface area contributed by atoms with E-state index >= 15 is 0 Å². The number of rotatable bonds is 4. The van der Waals surface area contributed by atoms with Gasteiger partial charge < -0.3 is 9.64 Å². The molecule has 13 heteroatoms. The van der Waals surface area contributed by atoms with Crippen molar-refractivity contribution in [2.45, 2.75) is 23.7 Å². The Hall–Kier alpha value is -1.46. The van der Waals surface area contributed by atoms with E-state index in [0.29, 0.717) is 0 Å². The van der Waals surface area contributed by atoms with Gasteiger partial charge in [-0.05, 0) is 18.7 Å². The maximum Gasteiger partial charge on any atom is 0.573 e. The largest absolute Gasteiger partial charge is 0.573 e. The Morgan fingerprint density at radius 2 is 1.59 bits per heavy atom. The van der Waals surface area contributed by atoms with Gasteiger partial charge >= 0.3 is 11.9 Å². The van der Waals surface area contributed by atoms with Gasteiger partial charge in [-0.2, -0.15) is 18.3 Å². The van der Waals surface area contributed by atoms with E-state index in [4.69, 9.17) is 23.2 Å². The molecule has 0 unspecified atom stereocenters. The van der Waals surface area contributed by atoms with Crippen molar-refractivity contribution < 1.29 is 31.1 Å². The second-order valence-corrected chi connectivity index (χ2v) is 7.27. The number of aryl methyl sites for hydroxylation is 1. The zero-order chi connectivity index (χ0) is 20.7. The van der Waals surface area contributed by atoms with Crippen LogP contribution < -0.4 is 9.64 Å². The van der Waals surface area contributed by atoms with Gasteiger partial charge in [-0.25, -0.2) is 4.68 Å². The number of hydrogen-bond donors (Lipinski definition) is 0. The van der Waals surface area contributed by atoms with E-state index in [0.717, 1.165) is 16.8 Å². The average molecular weight is 454 g/mol. The molecule has 0 saturated heterocycles. The first kappa shape index (κ1) is 21.8. The van der Waals surface area contributed by atoms with Crippen LogP contribution in [0.1, 0.15) is 5.69 Å². The normalized spacial score (nSPS) is 12.4. The van der Waals surface area contributed by atoms with Crippen LogP contribution in [0.5, 0.6) is 5.75 Å². The fraction of sp³-hybridized carbons (Fsp3) is 0.357. The van der Waals surface area contributed by atoms with E-state index in [1.54, 1.807) is 0 Å². The second kappa shape index (κ2) is 7.51. The van der Waals surface area contributed by atoms with E-state index in [-0.39, 0.29) is 43.9 Å². The van der Waals surface area contributed by atoms with E-state index < -0.39 is 17.6 Å². The molecule has 0 atom stereocenters. The topological polar surface area (TPSA) is 30.3 Å². The van der Waals surface area contributed by atoms with Crippen LogP contribution in [0.2, 0.25) is 10.0 Å². The highest BCUT2D eigenvalue weighted by Gasteiger charge is 2.35. The summed E-state index contributed by atoms with van der Waals surface area (Å²) in [7, 11) is 2.96. The van der Waals surface area contributed by atoms with Crippen LogP contribution in [0.3, 0.4) is 0 Å². The Labute approximate surface area is 164 Å². The number of benzene rings is 1. The number of anilines is 1. The molecule has 0 aliphatic rings. The summed E-state index contributed by atoms with van der Waals surface area (Å²) >= 11 is 11.7. The van der Waals surface area contributed by atoms with Gasteiger partial charge in [0, 0.05) is 26.2 Å². The molecule has 2 rings (SSSR count). The molecule has 0 amide bonds. The third-order valence-corrected chi connectivity index (χ3v) is 4.55. The molecule has 0 N–H and O–H groups in total. The van der Waals surface area contributed by atoms with E-state index in [1.165, 1.54) is 25.9 Å². The van der Waals surface area contributed by atoms with Crippen LogP contribution in [0.15, 0.2) is 17.0 Å². The Morgan fingerprint density at radius 1 is 1.07 bits per heavy atom. The van der Waals surface area contributed by atoms with E-state index in [9.17, 15) is 26.3 Å². The Kier molecular flexibility index (Phi) is 6.08. The molecule has 0 aliphatic carbocycles. The lowest BCUT2D eigenvalue weighted by molar-refractivity contribution is -0.274. The molecule has 0 radical (unpaired) electrons. The number of hydrogen-bond acceptors (Lipinski definition) is 4. The van der Waals surface area contributed by atoms with Crippen molar-refractivity contribution in [3.63, 3.8) is 0 Å². The minimum Gasteiger partial charge on any atom is -0.406 e. The van der Waals surface area contributed by atoms with Crippen LogP contribution in [-0.4, -0.2) is 35.7 Å². The molecule has 0 spiro atoms.